The Balaban J connectivity index is 1.74. The lowest BCUT2D eigenvalue weighted by atomic mass is 9.99. The van der Waals surface area contributed by atoms with Gasteiger partial charge >= 0.3 is 6.03 Å². The molecule has 0 unspecified atom stereocenters. The van der Waals surface area contributed by atoms with E-state index in [0.717, 1.165) is 28.1 Å². The Morgan fingerprint density at radius 1 is 1.18 bits per heavy atom. The maximum absolute atomic E-state index is 15.3. The molecule has 0 saturated heterocycles. The first kappa shape index (κ1) is 25.8. The molecular formula is C27H25Cl2FN6O2. The van der Waals surface area contributed by atoms with Crippen molar-refractivity contribution in [1.29, 1.82) is 0 Å². The predicted molar refractivity (Wildman–Crippen MR) is 147 cm³/mol. The molecule has 8 nitrogen and oxygen atoms in total. The quantitative estimate of drug-likeness (QED) is 0.312. The average Bonchev–Trinajstić information content (AvgIpc) is 3.22. The van der Waals surface area contributed by atoms with Crippen molar-refractivity contribution in [3.05, 3.63) is 80.8 Å². The number of carbonyl (C=O) groups excluding carboxylic acids is 1. The number of urea groups is 1. The van der Waals surface area contributed by atoms with Gasteiger partial charge in [0.15, 0.2) is 0 Å². The van der Waals surface area contributed by atoms with Crippen LogP contribution in [0, 0.1) is 19.7 Å². The zero-order valence-corrected chi connectivity index (χ0v) is 22.5. The third-order valence-corrected chi connectivity index (χ3v) is 7.06. The van der Waals surface area contributed by atoms with Crippen LogP contribution < -0.4 is 20.7 Å². The Bertz CT molecular complexity index is 1550. The maximum Gasteiger partial charge on any atom is 0.316 e. The zero-order chi connectivity index (χ0) is 27.1. The third kappa shape index (κ3) is 4.63. The number of hydrogen-bond acceptors (Lipinski definition) is 5. The molecule has 2 aromatic heterocycles. The molecule has 1 aliphatic heterocycles. The monoisotopic (exact) mass is 554 g/mol. The summed E-state index contributed by atoms with van der Waals surface area (Å²) >= 11 is 12.6. The van der Waals surface area contributed by atoms with Crippen LogP contribution in [0.5, 0.6) is 5.75 Å². The molecule has 38 heavy (non-hydrogen) atoms. The van der Waals surface area contributed by atoms with Gasteiger partial charge in [-0.2, -0.15) is 5.10 Å². The van der Waals surface area contributed by atoms with Crippen molar-refractivity contribution in [3.63, 3.8) is 0 Å². The fourth-order valence-electron chi connectivity index (χ4n) is 4.91. The van der Waals surface area contributed by atoms with Crippen LogP contribution in [0.3, 0.4) is 0 Å². The highest BCUT2D eigenvalue weighted by Gasteiger charge is 2.30. The van der Waals surface area contributed by atoms with Crippen LogP contribution >= 0.6 is 23.2 Å². The number of para-hydroxylation sites is 1. The molecule has 3 heterocycles. The molecule has 0 atom stereocenters. The molecule has 0 saturated carbocycles. The number of benzene rings is 2. The number of carbonyl (C=O) groups is 1. The number of halogens is 3. The number of aromatic nitrogens is 3. The third-order valence-electron chi connectivity index (χ3n) is 6.58. The molecular weight excluding hydrogens is 530 g/mol. The summed E-state index contributed by atoms with van der Waals surface area (Å²) in [5.74, 6) is 0.300. The summed E-state index contributed by atoms with van der Waals surface area (Å²) in [5, 5.41) is 8.20. The first-order chi connectivity index (χ1) is 18.2. The number of methoxy groups -OCH3 is 1. The van der Waals surface area contributed by atoms with Gasteiger partial charge in [-0.1, -0.05) is 41.4 Å². The summed E-state index contributed by atoms with van der Waals surface area (Å²) in [4.78, 5) is 17.9. The van der Waals surface area contributed by atoms with Crippen molar-refractivity contribution in [2.45, 2.75) is 26.8 Å². The number of rotatable bonds is 5. The summed E-state index contributed by atoms with van der Waals surface area (Å²) in [7, 11) is 1.49. The lowest BCUT2D eigenvalue weighted by Crippen LogP contribution is -2.31. The summed E-state index contributed by atoms with van der Waals surface area (Å²) in [6.07, 6.45) is 2.18. The minimum absolute atomic E-state index is 0.0797. The van der Waals surface area contributed by atoms with Crippen LogP contribution in [0.15, 0.2) is 42.6 Å². The first-order valence-electron chi connectivity index (χ1n) is 11.9. The molecule has 2 aromatic carbocycles. The summed E-state index contributed by atoms with van der Waals surface area (Å²) in [6, 6.07) is 9.53. The fourth-order valence-corrected chi connectivity index (χ4v) is 5.41. The number of amides is 2. The van der Waals surface area contributed by atoms with E-state index in [4.69, 9.17) is 38.8 Å². The normalized spacial score (nSPS) is 12.8. The van der Waals surface area contributed by atoms with Gasteiger partial charge in [0.1, 0.15) is 17.4 Å². The SMILES string of the molecule is COc1cc(NC(N)=O)c(F)cc1-c1c2c(nn1-c1c(C)cccc1C)CCN(c1ncc(Cl)cc1Cl)C2. The van der Waals surface area contributed by atoms with E-state index in [-0.39, 0.29) is 5.69 Å². The van der Waals surface area contributed by atoms with Crippen molar-refractivity contribution in [1.82, 2.24) is 14.8 Å². The molecule has 196 valence electrons. The lowest BCUT2D eigenvalue weighted by Gasteiger charge is -2.29. The van der Waals surface area contributed by atoms with Gasteiger partial charge in [-0.05, 0) is 37.1 Å². The minimum atomic E-state index is -0.875. The second-order valence-electron chi connectivity index (χ2n) is 9.08. The maximum atomic E-state index is 15.3. The van der Waals surface area contributed by atoms with E-state index in [2.05, 4.69) is 10.3 Å². The number of nitrogens with two attached hydrogens (primary N) is 1. The molecule has 5 rings (SSSR count). The Hall–Kier alpha value is -3.82. The molecule has 0 radical (unpaired) electrons. The highest BCUT2D eigenvalue weighted by atomic mass is 35.5. The van der Waals surface area contributed by atoms with E-state index in [1.165, 1.54) is 19.2 Å². The number of aryl methyl sites for hydroxylation is 2. The molecule has 4 aromatic rings. The minimum Gasteiger partial charge on any atom is -0.496 e. The lowest BCUT2D eigenvalue weighted by molar-refractivity contribution is 0.259. The van der Waals surface area contributed by atoms with Crippen LogP contribution in [-0.2, 0) is 13.0 Å². The van der Waals surface area contributed by atoms with E-state index in [0.29, 0.717) is 52.4 Å². The highest BCUT2D eigenvalue weighted by molar-refractivity contribution is 6.36. The van der Waals surface area contributed by atoms with E-state index in [9.17, 15) is 4.79 Å². The number of nitrogens with zero attached hydrogens (tertiary/aromatic N) is 4. The largest absolute Gasteiger partial charge is 0.496 e. The molecule has 2 amide bonds. The van der Waals surface area contributed by atoms with Crippen LogP contribution in [0.2, 0.25) is 10.0 Å². The average molecular weight is 555 g/mol. The molecule has 1 aliphatic rings. The van der Waals surface area contributed by atoms with E-state index in [1.54, 1.807) is 12.3 Å². The van der Waals surface area contributed by atoms with Crippen LogP contribution in [-0.4, -0.2) is 34.5 Å². The van der Waals surface area contributed by atoms with E-state index >= 15 is 4.39 Å². The Labute approximate surface area is 229 Å². The van der Waals surface area contributed by atoms with Crippen molar-refractivity contribution in [2.75, 3.05) is 23.9 Å². The summed E-state index contributed by atoms with van der Waals surface area (Å²) in [5.41, 5.74) is 11.0. The van der Waals surface area contributed by atoms with Gasteiger partial charge in [0.2, 0.25) is 0 Å². The topological polar surface area (TPSA) is 98.3 Å². The van der Waals surface area contributed by atoms with Crippen molar-refractivity contribution in [2.24, 2.45) is 5.73 Å². The van der Waals surface area contributed by atoms with Gasteiger partial charge in [0.25, 0.3) is 0 Å². The number of ether oxygens (including phenoxy) is 1. The number of anilines is 2. The smallest absolute Gasteiger partial charge is 0.316 e. The number of nitrogens with one attached hydrogen (secondary N) is 1. The Morgan fingerprint density at radius 2 is 1.92 bits per heavy atom. The number of pyridine rings is 1. The molecule has 0 aliphatic carbocycles. The number of primary amides is 1. The summed E-state index contributed by atoms with van der Waals surface area (Å²) in [6.45, 7) is 5.08. The zero-order valence-electron chi connectivity index (χ0n) is 21.0. The van der Waals surface area contributed by atoms with Gasteiger partial charge in [0, 0.05) is 42.9 Å². The molecule has 0 bridgehead atoms. The number of fused-ring (bicyclic) bond motifs is 1. The predicted octanol–water partition coefficient (Wildman–Crippen LogP) is 6.06. The first-order valence-corrected chi connectivity index (χ1v) is 12.6. The Morgan fingerprint density at radius 3 is 2.58 bits per heavy atom. The van der Waals surface area contributed by atoms with Crippen LogP contribution in [0.1, 0.15) is 22.4 Å². The van der Waals surface area contributed by atoms with Gasteiger partial charge in [0.05, 0.1) is 39.9 Å². The highest BCUT2D eigenvalue weighted by Crippen LogP contribution is 2.42. The van der Waals surface area contributed by atoms with Gasteiger partial charge in [-0.25, -0.2) is 18.9 Å². The molecule has 0 fully saturated rings. The Kier molecular flexibility index (Phi) is 6.90. The summed E-state index contributed by atoms with van der Waals surface area (Å²) < 4.78 is 22.8. The van der Waals surface area contributed by atoms with Gasteiger partial charge in [-0.15, -0.1) is 0 Å². The second kappa shape index (κ2) is 10.2. The molecule has 11 heteroatoms. The van der Waals surface area contributed by atoms with E-state index < -0.39 is 11.8 Å². The van der Waals surface area contributed by atoms with Crippen LogP contribution in [0.25, 0.3) is 16.9 Å². The number of hydrogen-bond donors (Lipinski definition) is 2. The fraction of sp³-hybridized carbons (Fsp3) is 0.222. The van der Waals surface area contributed by atoms with Crippen molar-refractivity contribution >= 4 is 40.7 Å². The van der Waals surface area contributed by atoms with Gasteiger partial charge in [-0.3, -0.25) is 0 Å². The second-order valence-corrected chi connectivity index (χ2v) is 9.92. The molecule has 3 N–H and O–H groups in total. The molecule has 0 spiro atoms. The van der Waals surface area contributed by atoms with Crippen molar-refractivity contribution in [3.8, 4) is 22.7 Å². The van der Waals surface area contributed by atoms with Crippen molar-refractivity contribution < 1.29 is 13.9 Å². The van der Waals surface area contributed by atoms with Crippen LogP contribution in [0.4, 0.5) is 20.7 Å². The van der Waals surface area contributed by atoms with E-state index in [1.807, 2.05) is 41.6 Å². The van der Waals surface area contributed by atoms with Gasteiger partial charge < -0.3 is 20.7 Å². The standard InChI is InChI=1S/C27H25Cl2FN6O2/c1-14-5-4-6-15(2)24(14)36-25(17-10-20(30)22(33-27(31)37)11-23(17)38-3)18-13-35(8-7-21(18)34-36)26-19(29)9-16(28)12-32-26/h4-6,9-12H,7-8,13H2,1-3H3,(H3,31,33,37).